The molecule has 1 rings (SSSR count). The smallest absolute Gasteiger partial charge is 0.231 e. The van der Waals surface area contributed by atoms with Crippen molar-refractivity contribution in [1.29, 1.82) is 0 Å². The molecule has 0 aromatic heterocycles. The molecule has 1 unspecified atom stereocenters. The molecule has 5 heteroatoms. The fraction of sp³-hybridized carbons (Fsp3) is 0.417. The Kier molecular flexibility index (Phi) is 4.88. The molecule has 0 fully saturated rings. The van der Waals surface area contributed by atoms with Gasteiger partial charge in [-0.05, 0) is 54.1 Å². The second-order valence-electron chi connectivity index (χ2n) is 4.20. The fourth-order valence-electron chi connectivity index (χ4n) is 1.26. The lowest BCUT2D eigenvalue weighted by atomic mass is 9.86. The van der Waals surface area contributed by atoms with E-state index in [1.165, 1.54) is 12.1 Å². The van der Waals surface area contributed by atoms with Crippen molar-refractivity contribution >= 4 is 34.2 Å². The number of hydrogen-bond donors (Lipinski definition) is 2. The molecule has 94 valence electrons. The van der Waals surface area contributed by atoms with Gasteiger partial charge in [0.05, 0.1) is 11.1 Å². The van der Waals surface area contributed by atoms with Gasteiger partial charge >= 0.3 is 0 Å². The van der Waals surface area contributed by atoms with Gasteiger partial charge in [-0.15, -0.1) is 0 Å². The first-order valence-electron chi connectivity index (χ1n) is 5.39. The topological polar surface area (TPSA) is 55.1 Å². The van der Waals surface area contributed by atoms with Crippen molar-refractivity contribution in [2.24, 2.45) is 11.1 Å². The van der Waals surface area contributed by atoms with E-state index in [4.69, 9.17) is 5.73 Å². The maximum atomic E-state index is 12.9. The molecule has 3 N–H and O–H groups in total. The molecule has 3 nitrogen and oxygen atoms in total. The number of rotatable bonds is 4. The Hall–Kier alpha value is -0.690. The Morgan fingerprint density at radius 2 is 2.24 bits per heavy atom. The molecule has 1 aromatic rings. The minimum Gasteiger partial charge on any atom is -0.329 e. The third-order valence-electron chi connectivity index (χ3n) is 2.96. The van der Waals surface area contributed by atoms with Gasteiger partial charge in [-0.2, -0.15) is 0 Å². The summed E-state index contributed by atoms with van der Waals surface area (Å²) in [5.74, 6) is -0.448. The summed E-state index contributed by atoms with van der Waals surface area (Å²) in [6, 6.07) is 4.26. The van der Waals surface area contributed by atoms with E-state index in [1.807, 2.05) is 36.4 Å². The molecule has 0 aliphatic heterocycles. The van der Waals surface area contributed by atoms with Crippen LogP contribution < -0.4 is 11.1 Å². The van der Waals surface area contributed by atoms with Gasteiger partial charge in [-0.3, -0.25) is 4.79 Å². The van der Waals surface area contributed by atoms with Gasteiger partial charge < -0.3 is 11.1 Å². The molecule has 0 saturated heterocycles. The second-order valence-corrected chi connectivity index (χ2v) is 5.36. The van der Waals surface area contributed by atoms with E-state index < -0.39 is 5.41 Å². The van der Waals surface area contributed by atoms with Crippen LogP contribution in [-0.2, 0) is 4.79 Å². The minimum absolute atomic E-state index is 0.132. The molecular formula is C12H16FIN2O. The normalized spacial score (nSPS) is 14.2. The maximum absolute atomic E-state index is 12.9. The highest BCUT2D eigenvalue weighted by molar-refractivity contribution is 14.1. The van der Waals surface area contributed by atoms with Crippen molar-refractivity contribution in [1.82, 2.24) is 0 Å². The van der Waals surface area contributed by atoms with Crippen LogP contribution >= 0.6 is 22.6 Å². The van der Waals surface area contributed by atoms with Crippen molar-refractivity contribution in [2.75, 3.05) is 11.9 Å². The molecular weight excluding hydrogens is 334 g/mol. The van der Waals surface area contributed by atoms with Crippen LogP contribution in [0.3, 0.4) is 0 Å². The van der Waals surface area contributed by atoms with E-state index >= 15 is 0 Å². The summed E-state index contributed by atoms with van der Waals surface area (Å²) in [6.45, 7) is 4.02. The Morgan fingerprint density at radius 3 is 2.71 bits per heavy atom. The number of carbonyl (C=O) groups is 1. The highest BCUT2D eigenvalue weighted by Gasteiger charge is 2.29. The summed E-state index contributed by atoms with van der Waals surface area (Å²) in [5.41, 5.74) is 5.64. The predicted octanol–water partition coefficient (Wildman–Crippen LogP) is 2.74. The molecule has 1 aromatic carbocycles. The van der Waals surface area contributed by atoms with Crippen LogP contribution in [0.5, 0.6) is 0 Å². The number of amides is 1. The Balaban J connectivity index is 2.88. The van der Waals surface area contributed by atoms with Gasteiger partial charge in [0.2, 0.25) is 5.91 Å². The quantitative estimate of drug-likeness (QED) is 0.821. The monoisotopic (exact) mass is 350 g/mol. The first kappa shape index (κ1) is 14.4. The van der Waals surface area contributed by atoms with Crippen LogP contribution in [0.25, 0.3) is 0 Å². The average Bonchev–Trinajstić information content (AvgIpc) is 2.31. The zero-order chi connectivity index (χ0) is 13.1. The SMILES string of the molecule is CCC(C)(CN)C(=O)Nc1ccc(F)cc1I. The van der Waals surface area contributed by atoms with E-state index in [9.17, 15) is 9.18 Å². The zero-order valence-corrected chi connectivity index (χ0v) is 12.0. The summed E-state index contributed by atoms with van der Waals surface area (Å²) in [7, 11) is 0. The van der Waals surface area contributed by atoms with Crippen LogP contribution in [0.1, 0.15) is 20.3 Å². The second kappa shape index (κ2) is 5.77. The van der Waals surface area contributed by atoms with Crippen LogP contribution in [0.2, 0.25) is 0 Å². The summed E-state index contributed by atoms with van der Waals surface area (Å²) in [4.78, 5) is 12.0. The maximum Gasteiger partial charge on any atom is 0.231 e. The van der Waals surface area contributed by atoms with Crippen molar-refractivity contribution < 1.29 is 9.18 Å². The highest BCUT2D eigenvalue weighted by Crippen LogP contribution is 2.24. The third-order valence-corrected chi connectivity index (χ3v) is 3.85. The van der Waals surface area contributed by atoms with Crippen molar-refractivity contribution in [3.8, 4) is 0 Å². The van der Waals surface area contributed by atoms with Crippen molar-refractivity contribution in [3.05, 3.63) is 27.6 Å². The van der Waals surface area contributed by atoms with Gasteiger partial charge in [0.1, 0.15) is 5.82 Å². The summed E-state index contributed by atoms with van der Waals surface area (Å²) < 4.78 is 13.6. The number of anilines is 1. The molecule has 17 heavy (non-hydrogen) atoms. The molecule has 0 spiro atoms. The third kappa shape index (κ3) is 3.38. The molecule has 0 saturated carbocycles. The van der Waals surface area contributed by atoms with Gasteiger partial charge in [0, 0.05) is 10.1 Å². The van der Waals surface area contributed by atoms with Crippen LogP contribution in [0.4, 0.5) is 10.1 Å². The lowest BCUT2D eigenvalue weighted by molar-refractivity contribution is -0.124. The fourth-order valence-corrected chi connectivity index (χ4v) is 1.87. The van der Waals surface area contributed by atoms with Crippen LogP contribution in [0.15, 0.2) is 18.2 Å². The van der Waals surface area contributed by atoms with Crippen LogP contribution in [0, 0.1) is 14.8 Å². The summed E-state index contributed by atoms with van der Waals surface area (Å²) >= 11 is 1.99. The first-order valence-corrected chi connectivity index (χ1v) is 6.47. The number of carbonyl (C=O) groups excluding carboxylic acids is 1. The Morgan fingerprint density at radius 1 is 1.59 bits per heavy atom. The molecule has 0 aliphatic carbocycles. The number of hydrogen-bond acceptors (Lipinski definition) is 2. The lowest BCUT2D eigenvalue weighted by Gasteiger charge is -2.25. The standard InChI is InChI=1S/C12H16FIN2O/c1-3-12(2,7-15)11(17)16-10-5-4-8(13)6-9(10)14/h4-6H,3,7,15H2,1-2H3,(H,16,17). The lowest BCUT2D eigenvalue weighted by Crippen LogP contribution is -2.39. The van der Waals surface area contributed by atoms with E-state index in [0.29, 0.717) is 15.7 Å². The molecule has 1 amide bonds. The van der Waals surface area contributed by atoms with Gasteiger partial charge in [0.15, 0.2) is 0 Å². The summed E-state index contributed by atoms with van der Waals surface area (Å²) in [6.07, 6.45) is 0.660. The number of benzene rings is 1. The first-order chi connectivity index (χ1) is 7.92. The molecule has 0 bridgehead atoms. The van der Waals surface area contributed by atoms with Gasteiger partial charge in [-0.25, -0.2) is 4.39 Å². The van der Waals surface area contributed by atoms with E-state index in [-0.39, 0.29) is 18.3 Å². The Labute approximate surface area is 114 Å². The molecule has 0 radical (unpaired) electrons. The molecule has 1 atom stereocenters. The molecule has 0 aliphatic rings. The number of nitrogens with two attached hydrogens (primary N) is 1. The minimum atomic E-state index is -0.586. The zero-order valence-electron chi connectivity index (χ0n) is 9.89. The number of halogens is 2. The largest absolute Gasteiger partial charge is 0.329 e. The predicted molar refractivity (Wildman–Crippen MR) is 75.2 cm³/mol. The number of nitrogens with one attached hydrogen (secondary N) is 1. The van der Waals surface area contributed by atoms with Gasteiger partial charge in [0.25, 0.3) is 0 Å². The van der Waals surface area contributed by atoms with E-state index in [0.717, 1.165) is 0 Å². The average molecular weight is 350 g/mol. The van der Waals surface area contributed by atoms with Gasteiger partial charge in [-0.1, -0.05) is 6.92 Å². The Bertz CT molecular complexity index is 419. The summed E-state index contributed by atoms with van der Waals surface area (Å²) in [5, 5.41) is 2.79. The van der Waals surface area contributed by atoms with E-state index in [2.05, 4.69) is 5.32 Å². The van der Waals surface area contributed by atoms with Crippen LogP contribution in [-0.4, -0.2) is 12.5 Å². The van der Waals surface area contributed by atoms with Crippen molar-refractivity contribution in [3.63, 3.8) is 0 Å². The van der Waals surface area contributed by atoms with E-state index in [1.54, 1.807) is 6.07 Å². The highest BCUT2D eigenvalue weighted by atomic mass is 127. The van der Waals surface area contributed by atoms with Crippen molar-refractivity contribution in [2.45, 2.75) is 20.3 Å². The molecule has 0 heterocycles.